The highest BCUT2D eigenvalue weighted by atomic mass is 19.1. The van der Waals surface area contributed by atoms with Gasteiger partial charge in [-0.05, 0) is 6.07 Å². The van der Waals surface area contributed by atoms with Gasteiger partial charge in [0, 0.05) is 31.7 Å². The Kier molecular flexibility index (Phi) is 3.07. The third-order valence-electron chi connectivity index (χ3n) is 3.29. The van der Waals surface area contributed by atoms with Gasteiger partial charge in [-0.25, -0.2) is 20.2 Å². The number of hydrogen-bond acceptors (Lipinski definition) is 5. The van der Waals surface area contributed by atoms with Crippen LogP contribution in [0.1, 0.15) is 16.2 Å². The van der Waals surface area contributed by atoms with Crippen LogP contribution in [0.15, 0.2) is 24.7 Å². The quantitative estimate of drug-likeness (QED) is 0.610. The van der Waals surface area contributed by atoms with Crippen molar-refractivity contribution in [1.82, 2.24) is 19.4 Å². The van der Waals surface area contributed by atoms with Gasteiger partial charge in [0.2, 0.25) is 0 Å². The van der Waals surface area contributed by atoms with E-state index in [-0.39, 0.29) is 11.4 Å². The Bertz CT molecular complexity index is 655. The van der Waals surface area contributed by atoms with Crippen LogP contribution in [0.5, 0.6) is 0 Å². The summed E-state index contributed by atoms with van der Waals surface area (Å²) in [6.45, 7) is 1.52. The molecular weight excluding hydrogens is 263 g/mol. The first kappa shape index (κ1) is 12.5. The Morgan fingerprint density at radius 2 is 2.20 bits per heavy atom. The standard InChI is InChI=1S/C12H13FN6O/c13-10-8(1-2-16-11(10)17-14)12(20)19-6-5-18-4-3-15-9(18)7-19/h1-4H,5-7,14H2,(H,16,17). The van der Waals surface area contributed by atoms with E-state index < -0.39 is 11.7 Å². The topological polar surface area (TPSA) is 89.1 Å². The molecule has 3 N–H and O–H groups in total. The van der Waals surface area contributed by atoms with E-state index >= 15 is 0 Å². The molecule has 0 saturated heterocycles. The summed E-state index contributed by atoms with van der Waals surface area (Å²) in [5.41, 5.74) is 2.08. The van der Waals surface area contributed by atoms with Gasteiger partial charge in [-0.2, -0.15) is 0 Å². The smallest absolute Gasteiger partial charge is 0.257 e. The second-order valence-corrected chi connectivity index (χ2v) is 4.43. The molecule has 1 amide bonds. The van der Waals surface area contributed by atoms with Gasteiger partial charge < -0.3 is 14.9 Å². The maximum absolute atomic E-state index is 14.0. The van der Waals surface area contributed by atoms with Crippen LogP contribution in [0, 0.1) is 5.82 Å². The van der Waals surface area contributed by atoms with Gasteiger partial charge in [-0.15, -0.1) is 0 Å². The van der Waals surface area contributed by atoms with Crippen molar-refractivity contribution in [3.63, 3.8) is 0 Å². The highest BCUT2D eigenvalue weighted by Gasteiger charge is 2.25. The van der Waals surface area contributed by atoms with E-state index in [0.29, 0.717) is 19.6 Å². The average molecular weight is 276 g/mol. The number of hydrogen-bond donors (Lipinski definition) is 2. The largest absolute Gasteiger partial charge is 0.332 e. The molecular formula is C12H13FN6O. The Hall–Kier alpha value is -2.48. The molecule has 0 aliphatic carbocycles. The maximum atomic E-state index is 14.0. The minimum absolute atomic E-state index is 0.0482. The molecule has 1 aliphatic heterocycles. The molecule has 0 fully saturated rings. The second-order valence-electron chi connectivity index (χ2n) is 4.43. The van der Waals surface area contributed by atoms with Crippen molar-refractivity contribution in [1.29, 1.82) is 0 Å². The van der Waals surface area contributed by atoms with Gasteiger partial charge in [0.25, 0.3) is 5.91 Å². The Morgan fingerprint density at radius 1 is 1.35 bits per heavy atom. The molecule has 0 spiro atoms. The third kappa shape index (κ3) is 1.99. The summed E-state index contributed by atoms with van der Waals surface area (Å²) in [6.07, 6.45) is 4.89. The minimum Gasteiger partial charge on any atom is -0.332 e. The number of nitrogens with one attached hydrogen (secondary N) is 1. The van der Waals surface area contributed by atoms with E-state index in [2.05, 4.69) is 15.4 Å². The number of nitrogens with zero attached hydrogens (tertiary/aromatic N) is 4. The zero-order chi connectivity index (χ0) is 14.1. The molecule has 0 aromatic carbocycles. The lowest BCUT2D eigenvalue weighted by molar-refractivity contribution is 0.0702. The normalized spacial score (nSPS) is 14.0. The van der Waals surface area contributed by atoms with Crippen molar-refractivity contribution in [2.45, 2.75) is 13.1 Å². The summed E-state index contributed by atoms with van der Waals surface area (Å²) in [6, 6.07) is 1.35. The summed E-state index contributed by atoms with van der Waals surface area (Å²) < 4.78 is 16.0. The lowest BCUT2D eigenvalue weighted by Gasteiger charge is -2.27. The fraction of sp³-hybridized carbons (Fsp3) is 0.250. The monoisotopic (exact) mass is 276 g/mol. The molecule has 2 aromatic heterocycles. The van der Waals surface area contributed by atoms with Crippen LogP contribution in [0.2, 0.25) is 0 Å². The van der Waals surface area contributed by atoms with Crippen molar-refractivity contribution in [2.75, 3.05) is 12.0 Å². The molecule has 7 nitrogen and oxygen atoms in total. The molecule has 20 heavy (non-hydrogen) atoms. The summed E-state index contributed by atoms with van der Waals surface area (Å²) in [4.78, 5) is 21.8. The predicted octanol–water partition coefficient (Wildman–Crippen LogP) is 0.359. The summed E-state index contributed by atoms with van der Waals surface area (Å²) >= 11 is 0. The molecule has 0 radical (unpaired) electrons. The Labute approximate surface area is 114 Å². The fourth-order valence-corrected chi connectivity index (χ4v) is 2.23. The number of carbonyl (C=O) groups excluding carboxylic acids is 1. The molecule has 0 saturated carbocycles. The fourth-order valence-electron chi connectivity index (χ4n) is 2.23. The number of nitrogen functional groups attached to an aromatic ring is 1. The predicted molar refractivity (Wildman–Crippen MR) is 69.0 cm³/mol. The van der Waals surface area contributed by atoms with Crippen molar-refractivity contribution in [3.8, 4) is 0 Å². The number of pyridine rings is 1. The van der Waals surface area contributed by atoms with E-state index in [9.17, 15) is 9.18 Å². The first-order valence-corrected chi connectivity index (χ1v) is 6.11. The molecule has 0 atom stereocenters. The molecule has 0 bridgehead atoms. The number of anilines is 1. The summed E-state index contributed by atoms with van der Waals surface area (Å²) in [5, 5.41) is 0. The number of halogens is 1. The van der Waals surface area contributed by atoms with Crippen molar-refractivity contribution < 1.29 is 9.18 Å². The van der Waals surface area contributed by atoms with Gasteiger partial charge in [0.1, 0.15) is 5.82 Å². The number of hydrazine groups is 1. The second kappa shape index (κ2) is 4.89. The van der Waals surface area contributed by atoms with Crippen LogP contribution in [0.4, 0.5) is 10.2 Å². The molecule has 3 rings (SSSR count). The molecule has 2 aromatic rings. The van der Waals surface area contributed by atoms with Gasteiger partial charge in [-0.3, -0.25) is 4.79 Å². The van der Waals surface area contributed by atoms with Crippen LogP contribution in [-0.4, -0.2) is 31.9 Å². The number of rotatable bonds is 2. The van der Waals surface area contributed by atoms with E-state index in [4.69, 9.17) is 5.84 Å². The van der Waals surface area contributed by atoms with Crippen LogP contribution < -0.4 is 11.3 Å². The number of aromatic nitrogens is 3. The van der Waals surface area contributed by atoms with E-state index in [1.165, 1.54) is 12.3 Å². The lowest BCUT2D eigenvalue weighted by Crippen LogP contribution is -2.38. The van der Waals surface area contributed by atoms with Crippen LogP contribution in [-0.2, 0) is 13.1 Å². The van der Waals surface area contributed by atoms with E-state index in [1.807, 2.05) is 10.8 Å². The van der Waals surface area contributed by atoms with Crippen molar-refractivity contribution in [2.24, 2.45) is 5.84 Å². The number of amides is 1. The third-order valence-corrected chi connectivity index (χ3v) is 3.29. The maximum Gasteiger partial charge on any atom is 0.257 e. The SMILES string of the molecule is NNc1nccc(C(=O)N2CCn3ccnc3C2)c1F. The van der Waals surface area contributed by atoms with Gasteiger partial charge in [-0.1, -0.05) is 0 Å². The van der Waals surface area contributed by atoms with Crippen molar-refractivity contribution in [3.05, 3.63) is 41.9 Å². The van der Waals surface area contributed by atoms with Crippen LogP contribution >= 0.6 is 0 Å². The Balaban J connectivity index is 1.87. The number of imidazole rings is 1. The van der Waals surface area contributed by atoms with E-state index in [0.717, 1.165) is 5.82 Å². The number of nitrogens with two attached hydrogens (primary N) is 1. The average Bonchev–Trinajstić information content (AvgIpc) is 2.94. The van der Waals surface area contributed by atoms with Gasteiger partial charge in [0.05, 0.1) is 12.1 Å². The van der Waals surface area contributed by atoms with Gasteiger partial charge >= 0.3 is 0 Å². The zero-order valence-corrected chi connectivity index (χ0v) is 10.6. The van der Waals surface area contributed by atoms with Crippen LogP contribution in [0.25, 0.3) is 0 Å². The highest BCUT2D eigenvalue weighted by Crippen LogP contribution is 2.19. The van der Waals surface area contributed by atoms with Crippen LogP contribution in [0.3, 0.4) is 0 Å². The Morgan fingerprint density at radius 3 is 3.00 bits per heavy atom. The van der Waals surface area contributed by atoms with Gasteiger partial charge in [0.15, 0.2) is 11.6 Å². The lowest BCUT2D eigenvalue weighted by atomic mass is 10.2. The molecule has 8 heteroatoms. The molecule has 1 aliphatic rings. The highest BCUT2D eigenvalue weighted by molar-refractivity contribution is 5.95. The first-order valence-electron chi connectivity index (χ1n) is 6.11. The molecule has 104 valence electrons. The zero-order valence-electron chi connectivity index (χ0n) is 10.6. The van der Waals surface area contributed by atoms with E-state index in [1.54, 1.807) is 11.1 Å². The minimum atomic E-state index is -0.742. The number of fused-ring (bicyclic) bond motifs is 1. The summed E-state index contributed by atoms with van der Waals surface area (Å²) in [7, 11) is 0. The number of carbonyl (C=O) groups is 1. The molecule has 3 heterocycles. The molecule has 0 unspecified atom stereocenters. The first-order chi connectivity index (χ1) is 9.70. The van der Waals surface area contributed by atoms with Crippen molar-refractivity contribution >= 4 is 11.7 Å². The summed E-state index contributed by atoms with van der Waals surface area (Å²) in [5.74, 6) is 4.67.